The largest absolute Gasteiger partial charge is 0.370 e. The summed E-state index contributed by atoms with van der Waals surface area (Å²) in [6, 6.07) is 3.68. The van der Waals surface area contributed by atoms with Crippen LogP contribution in [0.25, 0.3) is 0 Å². The molecule has 3 rings (SSSR count). The van der Waals surface area contributed by atoms with Gasteiger partial charge in [0.05, 0.1) is 5.69 Å². The maximum absolute atomic E-state index is 6.05. The quantitative estimate of drug-likeness (QED) is 0.442. The molecule has 23 heavy (non-hydrogen) atoms. The number of piperazine rings is 1. The van der Waals surface area contributed by atoms with Crippen LogP contribution in [-0.2, 0) is 6.54 Å². The van der Waals surface area contributed by atoms with E-state index in [4.69, 9.17) is 10.3 Å². The van der Waals surface area contributed by atoms with Gasteiger partial charge in [0, 0.05) is 44.6 Å². The zero-order valence-corrected chi connectivity index (χ0v) is 15.3. The molecule has 1 fully saturated rings. The Hall–Kier alpha value is -1.91. The van der Waals surface area contributed by atoms with E-state index in [1.54, 1.807) is 12.4 Å². The molecule has 0 radical (unpaired) electrons. The van der Waals surface area contributed by atoms with Gasteiger partial charge in [-0.25, -0.2) is 15.0 Å². The van der Waals surface area contributed by atoms with E-state index in [1.165, 1.54) is 0 Å². The second-order valence-corrected chi connectivity index (χ2v) is 5.13. The van der Waals surface area contributed by atoms with Crippen molar-refractivity contribution in [2.24, 2.45) is 10.7 Å². The molecule has 0 bridgehead atoms. The van der Waals surface area contributed by atoms with Gasteiger partial charge in [0.25, 0.3) is 0 Å². The molecule has 0 unspecified atom stereocenters. The number of nitrogens with two attached hydrogens (primary N) is 1. The van der Waals surface area contributed by atoms with Crippen molar-refractivity contribution in [3.8, 4) is 0 Å². The Labute approximate surface area is 151 Å². The molecule has 1 saturated heterocycles. The van der Waals surface area contributed by atoms with Gasteiger partial charge in [-0.3, -0.25) is 0 Å². The van der Waals surface area contributed by atoms with Gasteiger partial charge >= 0.3 is 0 Å². The summed E-state index contributed by atoms with van der Waals surface area (Å²) in [5.41, 5.74) is 6.90. The lowest BCUT2D eigenvalue weighted by molar-refractivity contribution is 0.369. The summed E-state index contributed by atoms with van der Waals surface area (Å²) in [5.74, 6) is 2.01. The molecule has 0 amide bonds. The van der Waals surface area contributed by atoms with Crippen molar-refractivity contribution in [3.63, 3.8) is 0 Å². The van der Waals surface area contributed by atoms with E-state index in [1.807, 2.05) is 19.1 Å². The van der Waals surface area contributed by atoms with E-state index in [0.29, 0.717) is 12.5 Å². The molecular weight excluding hydrogens is 409 g/mol. The van der Waals surface area contributed by atoms with Crippen molar-refractivity contribution < 1.29 is 4.52 Å². The van der Waals surface area contributed by atoms with Crippen LogP contribution in [0.3, 0.4) is 0 Å². The van der Waals surface area contributed by atoms with Crippen LogP contribution in [0.2, 0.25) is 0 Å². The van der Waals surface area contributed by atoms with E-state index in [9.17, 15) is 0 Å². The highest BCUT2D eigenvalue weighted by Crippen LogP contribution is 2.10. The van der Waals surface area contributed by atoms with Gasteiger partial charge in [0.15, 0.2) is 11.7 Å². The maximum atomic E-state index is 6.05. The lowest BCUT2D eigenvalue weighted by Crippen LogP contribution is -2.51. The molecule has 2 aromatic rings. The minimum atomic E-state index is 0. The second-order valence-electron chi connectivity index (χ2n) is 5.13. The number of aromatic nitrogens is 3. The van der Waals surface area contributed by atoms with E-state index in [0.717, 1.165) is 43.6 Å². The SMILES string of the molecule is Cc1cc(CN=C(N)N2CCN(c3ncccn3)CC2)on1.I. The standard InChI is InChI=1S/C14H19N7O.HI/c1-11-9-12(22-19-11)10-18-13(15)20-5-7-21(8-6-20)14-16-3-2-4-17-14;/h2-4,9H,5-8,10H2,1H3,(H2,15,18);1H. The Balaban J connectivity index is 0.00000192. The van der Waals surface area contributed by atoms with Gasteiger partial charge in [-0.05, 0) is 13.0 Å². The van der Waals surface area contributed by atoms with Gasteiger partial charge in [-0.2, -0.15) is 0 Å². The molecule has 124 valence electrons. The number of hydrogen-bond donors (Lipinski definition) is 1. The molecule has 0 atom stereocenters. The zero-order valence-electron chi connectivity index (χ0n) is 12.9. The van der Waals surface area contributed by atoms with Crippen LogP contribution >= 0.6 is 24.0 Å². The Morgan fingerprint density at radius 1 is 1.26 bits per heavy atom. The average Bonchev–Trinajstić information content (AvgIpc) is 2.99. The Morgan fingerprint density at radius 2 is 1.96 bits per heavy atom. The zero-order chi connectivity index (χ0) is 15.4. The molecule has 3 heterocycles. The predicted octanol–water partition coefficient (Wildman–Crippen LogP) is 1.03. The molecule has 0 saturated carbocycles. The highest BCUT2D eigenvalue weighted by molar-refractivity contribution is 14.0. The molecule has 0 aromatic carbocycles. The first-order chi connectivity index (χ1) is 10.7. The van der Waals surface area contributed by atoms with Gasteiger partial charge in [-0.15, -0.1) is 24.0 Å². The number of rotatable bonds is 3. The van der Waals surface area contributed by atoms with Crippen molar-refractivity contribution in [2.45, 2.75) is 13.5 Å². The van der Waals surface area contributed by atoms with Gasteiger partial charge in [-0.1, -0.05) is 5.16 Å². The third-order valence-electron chi connectivity index (χ3n) is 3.51. The predicted molar refractivity (Wildman–Crippen MR) is 97.8 cm³/mol. The number of hydrogen-bond acceptors (Lipinski definition) is 6. The van der Waals surface area contributed by atoms with Crippen LogP contribution in [0.1, 0.15) is 11.5 Å². The van der Waals surface area contributed by atoms with Crippen LogP contribution in [0.4, 0.5) is 5.95 Å². The highest BCUT2D eigenvalue weighted by atomic mass is 127. The van der Waals surface area contributed by atoms with Crippen molar-refractivity contribution >= 4 is 35.9 Å². The molecule has 2 aromatic heterocycles. The summed E-state index contributed by atoms with van der Waals surface area (Å²) in [4.78, 5) is 17.1. The number of aryl methyl sites for hydroxylation is 1. The molecular formula is C14H20IN7O. The van der Waals surface area contributed by atoms with E-state index in [2.05, 4.69) is 29.9 Å². The number of nitrogens with zero attached hydrogens (tertiary/aromatic N) is 6. The van der Waals surface area contributed by atoms with Crippen LogP contribution < -0.4 is 10.6 Å². The Morgan fingerprint density at radius 3 is 2.57 bits per heavy atom. The summed E-state index contributed by atoms with van der Waals surface area (Å²) in [6.45, 7) is 5.52. The number of anilines is 1. The fourth-order valence-corrected chi connectivity index (χ4v) is 2.34. The fraction of sp³-hybridized carbons (Fsp3) is 0.429. The lowest BCUT2D eigenvalue weighted by Gasteiger charge is -2.35. The van der Waals surface area contributed by atoms with Crippen LogP contribution in [0.5, 0.6) is 0 Å². The fourth-order valence-electron chi connectivity index (χ4n) is 2.34. The maximum Gasteiger partial charge on any atom is 0.225 e. The van der Waals surface area contributed by atoms with Gasteiger partial charge in [0.1, 0.15) is 6.54 Å². The molecule has 1 aliphatic heterocycles. The highest BCUT2D eigenvalue weighted by Gasteiger charge is 2.19. The molecule has 2 N–H and O–H groups in total. The van der Waals surface area contributed by atoms with E-state index < -0.39 is 0 Å². The van der Waals surface area contributed by atoms with Crippen LogP contribution in [-0.4, -0.2) is 52.2 Å². The molecule has 0 aliphatic carbocycles. The first-order valence-corrected chi connectivity index (χ1v) is 7.21. The first-order valence-electron chi connectivity index (χ1n) is 7.21. The molecule has 8 nitrogen and oxygen atoms in total. The third kappa shape index (κ3) is 4.53. The van der Waals surface area contributed by atoms with Crippen molar-refractivity contribution in [1.29, 1.82) is 0 Å². The second kappa shape index (κ2) is 8.09. The third-order valence-corrected chi connectivity index (χ3v) is 3.51. The minimum absolute atomic E-state index is 0. The summed E-state index contributed by atoms with van der Waals surface area (Å²) >= 11 is 0. The Kier molecular flexibility index (Phi) is 6.13. The van der Waals surface area contributed by atoms with E-state index in [-0.39, 0.29) is 24.0 Å². The Bertz CT molecular complexity index is 638. The van der Waals surface area contributed by atoms with Crippen molar-refractivity contribution in [3.05, 3.63) is 36.0 Å². The number of halogens is 1. The number of aliphatic imine (C=N–C) groups is 1. The smallest absolute Gasteiger partial charge is 0.225 e. The minimum Gasteiger partial charge on any atom is -0.370 e. The molecule has 1 aliphatic rings. The first kappa shape index (κ1) is 17.4. The van der Waals surface area contributed by atoms with Crippen LogP contribution in [0.15, 0.2) is 34.0 Å². The monoisotopic (exact) mass is 429 g/mol. The summed E-state index contributed by atoms with van der Waals surface area (Å²) in [6.07, 6.45) is 3.51. The number of guanidine groups is 1. The topological polar surface area (TPSA) is 96.7 Å². The van der Waals surface area contributed by atoms with Crippen molar-refractivity contribution in [2.75, 3.05) is 31.1 Å². The van der Waals surface area contributed by atoms with E-state index >= 15 is 0 Å². The summed E-state index contributed by atoms with van der Waals surface area (Å²) in [7, 11) is 0. The normalized spacial score (nSPS) is 15.4. The van der Waals surface area contributed by atoms with Crippen molar-refractivity contribution in [1.82, 2.24) is 20.0 Å². The van der Waals surface area contributed by atoms with Gasteiger partial charge in [0.2, 0.25) is 5.95 Å². The molecule has 0 spiro atoms. The van der Waals surface area contributed by atoms with Crippen LogP contribution in [0, 0.1) is 6.92 Å². The van der Waals surface area contributed by atoms with Gasteiger partial charge < -0.3 is 20.1 Å². The lowest BCUT2D eigenvalue weighted by atomic mass is 10.3. The summed E-state index contributed by atoms with van der Waals surface area (Å²) in [5, 5.41) is 3.83. The molecule has 9 heteroatoms. The average molecular weight is 429 g/mol. The summed E-state index contributed by atoms with van der Waals surface area (Å²) < 4.78 is 5.12.